The van der Waals surface area contributed by atoms with Crippen molar-refractivity contribution in [3.8, 4) is 5.75 Å². The van der Waals surface area contributed by atoms with Crippen molar-refractivity contribution >= 4 is 0 Å². The van der Waals surface area contributed by atoms with Crippen LogP contribution in [0.25, 0.3) is 0 Å². The molecule has 0 atom stereocenters. The van der Waals surface area contributed by atoms with Crippen LogP contribution < -0.4 is 10.1 Å². The van der Waals surface area contributed by atoms with Gasteiger partial charge in [0.25, 0.3) is 0 Å². The van der Waals surface area contributed by atoms with Crippen molar-refractivity contribution in [3.63, 3.8) is 0 Å². The quantitative estimate of drug-likeness (QED) is 0.453. The molecule has 2 fully saturated rings. The Morgan fingerprint density at radius 3 is 2.69 bits per heavy atom. The zero-order valence-corrected chi connectivity index (χ0v) is 20.3. The Kier molecular flexibility index (Phi) is 7.03. The minimum absolute atomic E-state index is 0.670. The van der Waals surface area contributed by atoms with E-state index in [-0.39, 0.29) is 0 Å². The summed E-state index contributed by atoms with van der Waals surface area (Å²) in [5.74, 6) is 2.36. The number of hydrogen-bond acceptors (Lipinski definition) is 3. The van der Waals surface area contributed by atoms with E-state index >= 15 is 0 Å². The van der Waals surface area contributed by atoms with Gasteiger partial charge in [-0.1, -0.05) is 25.2 Å². The highest BCUT2D eigenvalue weighted by atomic mass is 16.5. The molecular weight excluding hydrogens is 392 g/mol. The van der Waals surface area contributed by atoms with Crippen LogP contribution in [0.2, 0.25) is 0 Å². The zero-order chi connectivity index (χ0) is 22.7. The number of ether oxygens (including phenoxy) is 1. The van der Waals surface area contributed by atoms with Crippen LogP contribution in [0.4, 0.5) is 0 Å². The van der Waals surface area contributed by atoms with Crippen molar-refractivity contribution in [1.82, 2.24) is 10.3 Å². The number of aryl methyl sites for hydroxylation is 2. The number of nitrogens with zero attached hydrogens (tertiary/aromatic N) is 1. The first-order valence-electron chi connectivity index (χ1n) is 12.3. The molecule has 0 radical (unpaired) electrons. The highest BCUT2D eigenvalue weighted by molar-refractivity contribution is 5.59. The molecule has 0 spiro atoms. The summed E-state index contributed by atoms with van der Waals surface area (Å²) in [6.07, 6.45) is 16.7. The predicted octanol–water partition coefficient (Wildman–Crippen LogP) is 7.12. The van der Waals surface area contributed by atoms with Crippen LogP contribution in [-0.2, 0) is 6.42 Å². The Bertz CT molecular complexity index is 1000. The van der Waals surface area contributed by atoms with E-state index < -0.39 is 0 Å². The molecular formula is C29H38N2O. The molecule has 0 bridgehead atoms. The van der Waals surface area contributed by atoms with Crippen LogP contribution in [0.3, 0.4) is 0 Å². The lowest BCUT2D eigenvalue weighted by Crippen LogP contribution is -2.17. The van der Waals surface area contributed by atoms with Crippen LogP contribution in [0.1, 0.15) is 70.6 Å². The largest absolute Gasteiger partial charge is 0.491 e. The summed E-state index contributed by atoms with van der Waals surface area (Å²) < 4.78 is 5.94. The van der Waals surface area contributed by atoms with Crippen molar-refractivity contribution in [2.24, 2.45) is 11.8 Å². The lowest BCUT2D eigenvalue weighted by Gasteiger charge is -2.24. The maximum atomic E-state index is 5.94. The Morgan fingerprint density at radius 2 is 2.03 bits per heavy atom. The van der Waals surface area contributed by atoms with Crippen molar-refractivity contribution in [2.75, 3.05) is 6.61 Å². The molecule has 0 aromatic carbocycles. The van der Waals surface area contributed by atoms with Crippen molar-refractivity contribution in [1.29, 1.82) is 0 Å². The molecule has 0 unspecified atom stereocenters. The number of nitrogens with one attached hydrogen (secondary N) is 1. The van der Waals surface area contributed by atoms with Gasteiger partial charge in [-0.2, -0.15) is 0 Å². The van der Waals surface area contributed by atoms with E-state index in [1.54, 1.807) is 0 Å². The lowest BCUT2D eigenvalue weighted by atomic mass is 9.89. The SMILES string of the molecule is C=C(\C(C)=C1/NC=CC(=C(/C)CC)/C1=C\CCc1cc(C)c(OCC2CC2)cn1)C1CC1. The van der Waals surface area contributed by atoms with Gasteiger partial charge in [0, 0.05) is 23.2 Å². The molecule has 3 nitrogen and oxygen atoms in total. The van der Waals surface area contributed by atoms with E-state index in [0.717, 1.165) is 43.2 Å². The number of rotatable bonds is 9. The van der Waals surface area contributed by atoms with Crippen molar-refractivity contribution < 1.29 is 4.74 Å². The van der Waals surface area contributed by atoms with E-state index in [2.05, 4.69) is 69.0 Å². The maximum absolute atomic E-state index is 5.94. The summed E-state index contributed by atoms with van der Waals surface area (Å²) in [6, 6.07) is 2.19. The Morgan fingerprint density at radius 1 is 1.25 bits per heavy atom. The van der Waals surface area contributed by atoms with Gasteiger partial charge in [-0.3, -0.25) is 4.98 Å². The smallest absolute Gasteiger partial charge is 0.140 e. The summed E-state index contributed by atoms with van der Waals surface area (Å²) in [4.78, 5) is 4.68. The summed E-state index contributed by atoms with van der Waals surface area (Å²) in [7, 11) is 0. The van der Waals surface area contributed by atoms with Gasteiger partial charge in [0.05, 0.1) is 12.8 Å². The van der Waals surface area contributed by atoms with Crippen LogP contribution in [0, 0.1) is 18.8 Å². The van der Waals surface area contributed by atoms with Crippen LogP contribution in [-0.4, -0.2) is 11.6 Å². The van der Waals surface area contributed by atoms with Gasteiger partial charge in [-0.05, 0) is 112 Å². The van der Waals surface area contributed by atoms with E-state index in [1.165, 1.54) is 64.8 Å². The van der Waals surface area contributed by atoms with E-state index in [9.17, 15) is 0 Å². The minimum Gasteiger partial charge on any atom is -0.491 e. The molecule has 3 heteroatoms. The van der Waals surface area contributed by atoms with Crippen LogP contribution in [0.5, 0.6) is 5.75 Å². The fourth-order valence-corrected chi connectivity index (χ4v) is 4.24. The van der Waals surface area contributed by atoms with Gasteiger partial charge in [-0.25, -0.2) is 0 Å². The third-order valence-corrected chi connectivity index (χ3v) is 6.99. The summed E-state index contributed by atoms with van der Waals surface area (Å²) in [5.41, 5.74) is 10.2. The zero-order valence-electron chi connectivity index (χ0n) is 20.3. The summed E-state index contributed by atoms with van der Waals surface area (Å²) in [6.45, 7) is 14.1. The number of aromatic nitrogens is 1. The number of pyridine rings is 1. The topological polar surface area (TPSA) is 34.1 Å². The molecule has 4 rings (SSSR count). The Hall–Kier alpha value is -2.55. The molecule has 1 N–H and O–H groups in total. The molecule has 2 aliphatic carbocycles. The molecule has 2 heterocycles. The Labute approximate surface area is 194 Å². The first-order valence-corrected chi connectivity index (χ1v) is 12.3. The van der Waals surface area contributed by atoms with E-state index in [1.807, 2.05) is 6.20 Å². The molecule has 0 amide bonds. The first-order chi connectivity index (χ1) is 15.5. The molecule has 170 valence electrons. The van der Waals surface area contributed by atoms with E-state index in [0.29, 0.717) is 5.92 Å². The second-order valence-corrected chi connectivity index (χ2v) is 9.68. The summed E-state index contributed by atoms with van der Waals surface area (Å²) in [5, 5.41) is 3.54. The fraction of sp³-hybridized carbons (Fsp3) is 0.483. The van der Waals surface area contributed by atoms with Gasteiger partial charge in [-0.15, -0.1) is 0 Å². The molecule has 3 aliphatic rings. The third kappa shape index (κ3) is 5.43. The molecule has 32 heavy (non-hydrogen) atoms. The molecule has 1 aromatic heterocycles. The normalized spacial score (nSPS) is 22.6. The molecule has 2 saturated carbocycles. The second kappa shape index (κ2) is 9.94. The molecule has 0 saturated heterocycles. The molecule has 1 aliphatic heterocycles. The highest BCUT2D eigenvalue weighted by Gasteiger charge is 2.28. The maximum Gasteiger partial charge on any atom is 0.140 e. The standard InChI is InChI=1S/C29H38N2O/c1-6-19(2)26-14-15-30-29(22(5)21(4)24-12-13-24)27(26)9-7-8-25-16-20(3)28(17-31-25)32-18-23-10-11-23/h9,14-17,23-24,30H,4,6-8,10-13,18H2,1-3,5H3/b26-19+,27-9+,29-22-. The summed E-state index contributed by atoms with van der Waals surface area (Å²) >= 11 is 0. The third-order valence-electron chi connectivity index (χ3n) is 6.99. The molecule has 1 aromatic rings. The van der Waals surface area contributed by atoms with Crippen molar-refractivity contribution in [2.45, 2.75) is 72.6 Å². The average Bonchev–Trinajstić information content (AvgIpc) is 3.71. The van der Waals surface area contributed by atoms with Gasteiger partial charge in [0.15, 0.2) is 0 Å². The van der Waals surface area contributed by atoms with Gasteiger partial charge in [0.2, 0.25) is 0 Å². The number of hydrogen-bond donors (Lipinski definition) is 1. The van der Waals surface area contributed by atoms with Gasteiger partial charge >= 0.3 is 0 Å². The Balaban J connectivity index is 1.52. The van der Waals surface area contributed by atoms with Gasteiger partial charge in [0.1, 0.15) is 5.75 Å². The minimum atomic E-state index is 0.670. The highest BCUT2D eigenvalue weighted by Crippen LogP contribution is 2.41. The number of allylic oxidation sites excluding steroid dienone is 6. The second-order valence-electron chi connectivity index (χ2n) is 9.68. The fourth-order valence-electron chi connectivity index (χ4n) is 4.24. The predicted molar refractivity (Wildman–Crippen MR) is 133 cm³/mol. The van der Waals surface area contributed by atoms with Gasteiger partial charge < -0.3 is 10.1 Å². The average molecular weight is 431 g/mol. The monoisotopic (exact) mass is 430 g/mol. The first kappa shape index (κ1) is 22.6. The van der Waals surface area contributed by atoms with E-state index in [4.69, 9.17) is 4.74 Å². The van der Waals surface area contributed by atoms with Crippen molar-refractivity contribution in [3.05, 3.63) is 82.0 Å². The lowest BCUT2D eigenvalue weighted by molar-refractivity contribution is 0.296. The van der Waals surface area contributed by atoms with Crippen LogP contribution in [0.15, 0.2) is 70.8 Å². The van der Waals surface area contributed by atoms with Crippen LogP contribution >= 0.6 is 0 Å².